The van der Waals surface area contributed by atoms with Gasteiger partial charge in [0.1, 0.15) is 5.54 Å². The fourth-order valence-electron chi connectivity index (χ4n) is 2.78. The van der Waals surface area contributed by atoms with Gasteiger partial charge in [-0.2, -0.15) is 0 Å². The number of hydrogen-bond donors (Lipinski definition) is 1. The highest BCUT2D eigenvalue weighted by Gasteiger charge is 2.43. The molecule has 0 unspecified atom stereocenters. The summed E-state index contributed by atoms with van der Waals surface area (Å²) in [6.07, 6.45) is 3.31. The number of halogens is 1. The van der Waals surface area contributed by atoms with Crippen molar-refractivity contribution in [1.82, 2.24) is 0 Å². The van der Waals surface area contributed by atoms with Gasteiger partial charge in [0.25, 0.3) is 0 Å². The Hall–Kier alpha value is -1.26. The Morgan fingerprint density at radius 2 is 1.95 bits per heavy atom. The van der Waals surface area contributed by atoms with E-state index in [4.69, 9.17) is 21.1 Å². The van der Waals surface area contributed by atoms with Gasteiger partial charge in [-0.3, -0.25) is 0 Å². The largest absolute Gasteiger partial charge is 0.464 e. The molecule has 21 heavy (non-hydrogen) atoms. The van der Waals surface area contributed by atoms with Crippen LogP contribution in [0.15, 0.2) is 24.3 Å². The number of hydrogen-bond acceptors (Lipinski definition) is 4. The number of benzene rings is 1. The van der Waals surface area contributed by atoms with Crippen LogP contribution in [0.3, 0.4) is 0 Å². The minimum Gasteiger partial charge on any atom is -0.464 e. The summed E-state index contributed by atoms with van der Waals surface area (Å²) >= 11 is 5.90. The third-order valence-corrected chi connectivity index (χ3v) is 4.27. The first-order chi connectivity index (χ1) is 10.1. The van der Waals surface area contributed by atoms with Crippen LogP contribution in [0.25, 0.3) is 0 Å². The second-order valence-corrected chi connectivity index (χ2v) is 5.81. The molecule has 0 spiro atoms. The molecular weight excluding hydrogens is 290 g/mol. The van der Waals surface area contributed by atoms with Gasteiger partial charge < -0.3 is 14.8 Å². The average Bonchev–Trinajstić information content (AvgIpc) is 2.50. The molecule has 1 aromatic carbocycles. The highest BCUT2D eigenvalue weighted by atomic mass is 35.5. The zero-order chi connectivity index (χ0) is 15.3. The summed E-state index contributed by atoms with van der Waals surface area (Å²) in [5, 5.41) is 4.04. The second kappa shape index (κ2) is 7.14. The fraction of sp³-hybridized carbons (Fsp3) is 0.562. The predicted molar refractivity (Wildman–Crippen MR) is 83.7 cm³/mol. The molecule has 0 aromatic heterocycles. The van der Waals surface area contributed by atoms with Crippen molar-refractivity contribution in [2.24, 2.45) is 0 Å². The maximum Gasteiger partial charge on any atom is 0.331 e. The molecule has 4 nitrogen and oxygen atoms in total. The number of rotatable bonds is 5. The first kappa shape index (κ1) is 16.1. The summed E-state index contributed by atoms with van der Waals surface area (Å²) in [5.41, 5.74) is 0.210. The summed E-state index contributed by atoms with van der Waals surface area (Å²) in [7, 11) is 1.72. The molecule has 1 aromatic rings. The second-order valence-electron chi connectivity index (χ2n) is 5.37. The van der Waals surface area contributed by atoms with Crippen LogP contribution in [0, 0.1) is 0 Å². The third-order valence-electron chi connectivity index (χ3n) is 4.01. The smallest absolute Gasteiger partial charge is 0.331 e. The highest BCUT2D eigenvalue weighted by Crippen LogP contribution is 2.34. The van der Waals surface area contributed by atoms with Crippen LogP contribution in [0.5, 0.6) is 0 Å². The van der Waals surface area contributed by atoms with E-state index in [1.807, 2.05) is 31.2 Å². The minimum absolute atomic E-state index is 0.186. The molecule has 0 radical (unpaired) electrons. The molecule has 2 rings (SSSR count). The molecule has 0 atom stereocenters. The van der Waals surface area contributed by atoms with Crippen molar-refractivity contribution in [3.63, 3.8) is 0 Å². The van der Waals surface area contributed by atoms with Crippen LogP contribution in [0.1, 0.15) is 32.6 Å². The zero-order valence-corrected chi connectivity index (χ0v) is 13.3. The molecule has 0 saturated heterocycles. The van der Waals surface area contributed by atoms with Crippen LogP contribution in [0.4, 0.5) is 5.69 Å². The Balaban J connectivity index is 2.16. The van der Waals surface area contributed by atoms with Gasteiger partial charge in [-0.15, -0.1) is 0 Å². The first-order valence-corrected chi connectivity index (χ1v) is 7.71. The normalized spacial score (nSPS) is 25.4. The number of esters is 1. The van der Waals surface area contributed by atoms with Gasteiger partial charge in [0.2, 0.25) is 0 Å². The monoisotopic (exact) mass is 311 g/mol. The zero-order valence-electron chi connectivity index (χ0n) is 12.5. The lowest BCUT2D eigenvalue weighted by atomic mass is 9.80. The Bertz CT molecular complexity index is 467. The molecule has 1 fully saturated rings. The van der Waals surface area contributed by atoms with Gasteiger partial charge in [-0.1, -0.05) is 11.6 Å². The maximum absolute atomic E-state index is 12.4. The highest BCUT2D eigenvalue weighted by molar-refractivity contribution is 6.30. The van der Waals surface area contributed by atoms with Crippen molar-refractivity contribution in [2.75, 3.05) is 19.0 Å². The van der Waals surface area contributed by atoms with Crippen molar-refractivity contribution in [3.8, 4) is 0 Å². The molecule has 1 N–H and O–H groups in total. The molecule has 116 valence electrons. The molecular formula is C16H22ClNO3. The molecule has 1 saturated carbocycles. The Morgan fingerprint density at radius 1 is 1.33 bits per heavy atom. The molecule has 5 heteroatoms. The lowest BCUT2D eigenvalue weighted by Gasteiger charge is -2.38. The predicted octanol–water partition coefficient (Wildman–Crippen LogP) is 3.64. The van der Waals surface area contributed by atoms with E-state index in [0.717, 1.165) is 18.5 Å². The van der Waals surface area contributed by atoms with E-state index >= 15 is 0 Å². The third kappa shape index (κ3) is 3.89. The van der Waals surface area contributed by atoms with E-state index in [1.54, 1.807) is 7.11 Å². The first-order valence-electron chi connectivity index (χ1n) is 7.33. The average molecular weight is 312 g/mol. The van der Waals surface area contributed by atoms with Gasteiger partial charge in [0, 0.05) is 17.8 Å². The Kier molecular flexibility index (Phi) is 5.48. The maximum atomic E-state index is 12.4. The van der Waals surface area contributed by atoms with Gasteiger partial charge >= 0.3 is 5.97 Å². The summed E-state index contributed by atoms with van der Waals surface area (Å²) in [6.45, 7) is 2.21. The Labute approximate surface area is 130 Å². The summed E-state index contributed by atoms with van der Waals surface area (Å²) < 4.78 is 10.7. The van der Waals surface area contributed by atoms with E-state index in [9.17, 15) is 4.79 Å². The van der Waals surface area contributed by atoms with Crippen molar-refractivity contribution in [2.45, 2.75) is 44.2 Å². The van der Waals surface area contributed by atoms with Crippen LogP contribution < -0.4 is 5.32 Å². The quantitative estimate of drug-likeness (QED) is 0.843. The van der Waals surface area contributed by atoms with E-state index in [0.29, 0.717) is 24.5 Å². The molecule has 0 aliphatic heterocycles. The van der Waals surface area contributed by atoms with Crippen molar-refractivity contribution >= 4 is 23.3 Å². The van der Waals surface area contributed by atoms with Crippen molar-refractivity contribution < 1.29 is 14.3 Å². The van der Waals surface area contributed by atoms with Crippen molar-refractivity contribution in [1.29, 1.82) is 0 Å². The summed E-state index contributed by atoms with van der Waals surface area (Å²) in [4.78, 5) is 12.4. The molecule has 0 bridgehead atoms. The SMILES string of the molecule is CCOC(=O)C1(Nc2ccc(Cl)cc2)CCC(OC)CC1. The molecule has 0 amide bonds. The van der Waals surface area contributed by atoms with Crippen LogP contribution in [0.2, 0.25) is 5.02 Å². The van der Waals surface area contributed by atoms with Crippen LogP contribution in [-0.4, -0.2) is 31.3 Å². The molecule has 1 aliphatic carbocycles. The van der Waals surface area contributed by atoms with Gasteiger partial charge in [0.05, 0.1) is 12.7 Å². The fourth-order valence-corrected chi connectivity index (χ4v) is 2.90. The number of methoxy groups -OCH3 is 1. The number of ether oxygens (including phenoxy) is 2. The van der Waals surface area contributed by atoms with Gasteiger partial charge in [-0.25, -0.2) is 4.79 Å². The van der Waals surface area contributed by atoms with E-state index in [2.05, 4.69) is 5.32 Å². The lowest BCUT2D eigenvalue weighted by Crippen LogP contribution is -2.51. The standard InChI is InChI=1S/C16H22ClNO3/c1-3-21-15(19)16(10-8-14(20-2)9-11-16)18-13-6-4-12(17)5-7-13/h4-7,14,18H,3,8-11H2,1-2H3. The topological polar surface area (TPSA) is 47.6 Å². The number of nitrogens with one attached hydrogen (secondary N) is 1. The molecule has 0 heterocycles. The summed E-state index contributed by atoms with van der Waals surface area (Å²) in [5.74, 6) is -0.186. The van der Waals surface area contributed by atoms with Gasteiger partial charge in [0.15, 0.2) is 0 Å². The van der Waals surface area contributed by atoms with E-state index in [1.165, 1.54) is 0 Å². The molecule has 1 aliphatic rings. The van der Waals surface area contributed by atoms with Gasteiger partial charge in [-0.05, 0) is 56.9 Å². The number of carbonyl (C=O) groups is 1. The van der Waals surface area contributed by atoms with Crippen molar-refractivity contribution in [3.05, 3.63) is 29.3 Å². The lowest BCUT2D eigenvalue weighted by molar-refractivity contribution is -0.150. The summed E-state index contributed by atoms with van der Waals surface area (Å²) in [6, 6.07) is 7.38. The van der Waals surface area contributed by atoms with E-state index < -0.39 is 5.54 Å². The number of carbonyl (C=O) groups excluding carboxylic acids is 1. The van der Waals surface area contributed by atoms with E-state index in [-0.39, 0.29) is 12.1 Å². The van der Waals surface area contributed by atoms with Crippen LogP contribution >= 0.6 is 11.6 Å². The Morgan fingerprint density at radius 3 is 2.48 bits per heavy atom. The minimum atomic E-state index is -0.668. The van der Waals surface area contributed by atoms with Crippen LogP contribution in [-0.2, 0) is 14.3 Å². The number of anilines is 1.